The van der Waals surface area contributed by atoms with Crippen LogP contribution in [-0.2, 0) is 11.3 Å². The van der Waals surface area contributed by atoms with E-state index in [1.165, 1.54) is 0 Å². The minimum absolute atomic E-state index is 0.000697. The van der Waals surface area contributed by atoms with E-state index >= 15 is 0 Å². The number of amides is 1. The van der Waals surface area contributed by atoms with Gasteiger partial charge in [0.05, 0.1) is 17.1 Å². The molecule has 6 nitrogen and oxygen atoms in total. The van der Waals surface area contributed by atoms with Crippen LogP contribution in [0.15, 0.2) is 0 Å². The standard InChI is InChI=1S/C15H27N5O/c1-11-14(16)12(2)20(18-11)9-13(21)17-10-15(3)5-7-19(4)8-6-15/h5-10,16H2,1-4H3,(H,17,21). The highest BCUT2D eigenvalue weighted by molar-refractivity contribution is 5.76. The number of nitrogens with one attached hydrogen (secondary N) is 1. The predicted molar refractivity (Wildman–Crippen MR) is 84.0 cm³/mol. The van der Waals surface area contributed by atoms with Gasteiger partial charge < -0.3 is 16.0 Å². The monoisotopic (exact) mass is 293 g/mol. The third-order valence-corrected chi connectivity index (χ3v) is 4.64. The van der Waals surface area contributed by atoms with E-state index < -0.39 is 0 Å². The molecule has 3 N–H and O–H groups in total. The largest absolute Gasteiger partial charge is 0.396 e. The zero-order valence-corrected chi connectivity index (χ0v) is 13.6. The van der Waals surface area contributed by atoms with E-state index in [1.54, 1.807) is 4.68 Å². The van der Waals surface area contributed by atoms with Crippen molar-refractivity contribution in [1.29, 1.82) is 0 Å². The first kappa shape index (κ1) is 15.8. The van der Waals surface area contributed by atoms with Gasteiger partial charge in [0.2, 0.25) is 5.91 Å². The van der Waals surface area contributed by atoms with Crippen molar-refractivity contribution in [2.24, 2.45) is 5.41 Å². The number of hydrogen-bond donors (Lipinski definition) is 2. The summed E-state index contributed by atoms with van der Waals surface area (Å²) in [7, 11) is 2.14. The van der Waals surface area contributed by atoms with Crippen LogP contribution in [0, 0.1) is 19.3 Å². The molecule has 1 aliphatic heterocycles. The lowest BCUT2D eigenvalue weighted by Gasteiger charge is -2.37. The molecular weight excluding hydrogens is 266 g/mol. The number of aromatic nitrogens is 2. The number of anilines is 1. The third kappa shape index (κ3) is 3.75. The molecule has 6 heteroatoms. The molecule has 0 bridgehead atoms. The summed E-state index contributed by atoms with van der Waals surface area (Å²) in [5, 5.41) is 7.35. The van der Waals surface area contributed by atoms with E-state index in [1.807, 2.05) is 13.8 Å². The lowest BCUT2D eigenvalue weighted by atomic mass is 9.80. The number of aryl methyl sites for hydroxylation is 1. The van der Waals surface area contributed by atoms with Crippen molar-refractivity contribution in [3.05, 3.63) is 11.4 Å². The summed E-state index contributed by atoms with van der Waals surface area (Å²) in [6, 6.07) is 0. The average molecular weight is 293 g/mol. The van der Waals surface area contributed by atoms with Crippen molar-refractivity contribution < 1.29 is 4.79 Å². The number of carbonyl (C=O) groups is 1. The fraction of sp³-hybridized carbons (Fsp3) is 0.733. The molecule has 2 heterocycles. The number of rotatable bonds is 4. The number of likely N-dealkylation sites (tertiary alicyclic amines) is 1. The van der Waals surface area contributed by atoms with Gasteiger partial charge in [-0.2, -0.15) is 5.10 Å². The Kier molecular flexibility index (Phi) is 4.56. The van der Waals surface area contributed by atoms with Gasteiger partial charge in [-0.25, -0.2) is 0 Å². The maximum Gasteiger partial charge on any atom is 0.241 e. The normalized spacial score (nSPS) is 18.7. The van der Waals surface area contributed by atoms with Gasteiger partial charge in [0.1, 0.15) is 6.54 Å². The number of nitrogens with zero attached hydrogens (tertiary/aromatic N) is 3. The van der Waals surface area contributed by atoms with Gasteiger partial charge in [-0.1, -0.05) is 6.92 Å². The Balaban J connectivity index is 1.86. The summed E-state index contributed by atoms with van der Waals surface area (Å²) >= 11 is 0. The molecule has 0 atom stereocenters. The summed E-state index contributed by atoms with van der Waals surface area (Å²) in [6.45, 7) is 9.16. The molecule has 0 saturated carbocycles. The lowest BCUT2D eigenvalue weighted by molar-refractivity contribution is -0.122. The van der Waals surface area contributed by atoms with Crippen molar-refractivity contribution in [1.82, 2.24) is 20.0 Å². The smallest absolute Gasteiger partial charge is 0.241 e. The van der Waals surface area contributed by atoms with E-state index in [2.05, 4.69) is 29.3 Å². The van der Waals surface area contributed by atoms with Crippen molar-refractivity contribution in [3.8, 4) is 0 Å². The molecule has 0 aromatic carbocycles. The van der Waals surface area contributed by atoms with Gasteiger partial charge in [0.25, 0.3) is 0 Å². The van der Waals surface area contributed by atoms with Crippen LogP contribution in [0.4, 0.5) is 5.69 Å². The minimum Gasteiger partial charge on any atom is -0.396 e. The van der Waals surface area contributed by atoms with Crippen molar-refractivity contribution in [2.75, 3.05) is 32.4 Å². The van der Waals surface area contributed by atoms with E-state index in [-0.39, 0.29) is 17.9 Å². The molecule has 1 saturated heterocycles. The number of piperidine rings is 1. The first-order valence-electron chi connectivity index (χ1n) is 7.55. The molecule has 1 amide bonds. The summed E-state index contributed by atoms with van der Waals surface area (Å²) in [5.41, 5.74) is 8.39. The summed E-state index contributed by atoms with van der Waals surface area (Å²) in [5.74, 6) is 0.000697. The molecule has 0 spiro atoms. The summed E-state index contributed by atoms with van der Waals surface area (Å²) in [4.78, 5) is 14.4. The first-order valence-corrected chi connectivity index (χ1v) is 7.55. The summed E-state index contributed by atoms with van der Waals surface area (Å²) < 4.78 is 1.68. The van der Waals surface area contributed by atoms with Crippen LogP contribution in [0.25, 0.3) is 0 Å². The average Bonchev–Trinajstić information content (AvgIpc) is 2.68. The quantitative estimate of drug-likeness (QED) is 0.866. The molecule has 1 aliphatic rings. The van der Waals surface area contributed by atoms with Crippen LogP contribution >= 0.6 is 0 Å². The Hall–Kier alpha value is -1.56. The van der Waals surface area contributed by atoms with Gasteiger partial charge in [0, 0.05) is 6.54 Å². The Morgan fingerprint density at radius 2 is 2.00 bits per heavy atom. The molecule has 0 aliphatic carbocycles. The van der Waals surface area contributed by atoms with Gasteiger partial charge in [0.15, 0.2) is 0 Å². The Morgan fingerprint density at radius 1 is 1.38 bits per heavy atom. The van der Waals surface area contributed by atoms with E-state index in [9.17, 15) is 4.79 Å². The van der Waals surface area contributed by atoms with E-state index in [0.29, 0.717) is 5.69 Å². The Bertz CT molecular complexity index is 514. The van der Waals surface area contributed by atoms with E-state index in [0.717, 1.165) is 43.9 Å². The predicted octanol–water partition coefficient (Wildman–Crippen LogP) is 0.930. The number of carbonyl (C=O) groups excluding carboxylic acids is 1. The zero-order valence-electron chi connectivity index (χ0n) is 13.6. The maximum atomic E-state index is 12.1. The number of nitrogens with two attached hydrogens (primary N) is 1. The fourth-order valence-corrected chi connectivity index (χ4v) is 2.70. The number of hydrogen-bond acceptors (Lipinski definition) is 4. The molecule has 0 radical (unpaired) electrons. The van der Waals surface area contributed by atoms with Gasteiger partial charge in [-0.15, -0.1) is 0 Å². The molecule has 1 fully saturated rings. The van der Waals surface area contributed by atoms with Gasteiger partial charge in [-0.05, 0) is 52.2 Å². The molecule has 21 heavy (non-hydrogen) atoms. The maximum absolute atomic E-state index is 12.1. The molecule has 118 valence electrons. The summed E-state index contributed by atoms with van der Waals surface area (Å²) in [6.07, 6.45) is 2.24. The molecule has 0 unspecified atom stereocenters. The second-order valence-corrected chi connectivity index (χ2v) is 6.63. The lowest BCUT2D eigenvalue weighted by Crippen LogP contribution is -2.44. The fourth-order valence-electron chi connectivity index (χ4n) is 2.70. The first-order chi connectivity index (χ1) is 9.81. The van der Waals surface area contributed by atoms with Gasteiger partial charge in [-0.3, -0.25) is 9.48 Å². The highest BCUT2D eigenvalue weighted by Crippen LogP contribution is 2.29. The van der Waals surface area contributed by atoms with Crippen molar-refractivity contribution in [3.63, 3.8) is 0 Å². The van der Waals surface area contributed by atoms with Crippen LogP contribution < -0.4 is 11.1 Å². The Labute approximate surface area is 126 Å². The molecule has 1 aromatic heterocycles. The third-order valence-electron chi connectivity index (χ3n) is 4.64. The van der Waals surface area contributed by atoms with Crippen LogP contribution in [0.2, 0.25) is 0 Å². The van der Waals surface area contributed by atoms with Crippen molar-refractivity contribution in [2.45, 2.75) is 40.2 Å². The van der Waals surface area contributed by atoms with Crippen molar-refractivity contribution >= 4 is 11.6 Å². The minimum atomic E-state index is 0.000697. The van der Waals surface area contributed by atoms with Gasteiger partial charge >= 0.3 is 0 Å². The molecule has 2 rings (SSSR count). The Morgan fingerprint density at radius 3 is 2.52 bits per heavy atom. The second kappa shape index (κ2) is 6.05. The SMILES string of the molecule is Cc1nn(CC(=O)NCC2(C)CCN(C)CC2)c(C)c1N. The molecule has 1 aromatic rings. The van der Waals surface area contributed by atoms with E-state index in [4.69, 9.17) is 5.73 Å². The van der Waals surface area contributed by atoms with Crippen LogP contribution in [0.5, 0.6) is 0 Å². The van der Waals surface area contributed by atoms with Crippen LogP contribution in [0.1, 0.15) is 31.2 Å². The highest BCUT2D eigenvalue weighted by atomic mass is 16.2. The second-order valence-electron chi connectivity index (χ2n) is 6.63. The van der Waals surface area contributed by atoms with Crippen LogP contribution in [-0.4, -0.2) is 47.3 Å². The number of nitrogen functional groups attached to an aromatic ring is 1. The topological polar surface area (TPSA) is 76.2 Å². The highest BCUT2D eigenvalue weighted by Gasteiger charge is 2.29. The zero-order chi connectivity index (χ0) is 15.6. The molecular formula is C15H27N5O. The van der Waals surface area contributed by atoms with Crippen LogP contribution in [0.3, 0.4) is 0 Å².